The molecular formula is C20H22Cl2N2O3. The van der Waals surface area contributed by atoms with Crippen LogP contribution in [0.5, 0.6) is 11.5 Å². The van der Waals surface area contributed by atoms with Gasteiger partial charge in [0.1, 0.15) is 0 Å². The van der Waals surface area contributed by atoms with Gasteiger partial charge < -0.3 is 14.8 Å². The van der Waals surface area contributed by atoms with E-state index >= 15 is 0 Å². The number of benzene rings is 2. The fraction of sp³-hybridized carbons (Fsp3) is 0.350. The highest BCUT2D eigenvalue weighted by atomic mass is 35.5. The molecule has 0 radical (unpaired) electrons. The highest BCUT2D eigenvalue weighted by Crippen LogP contribution is 2.33. The molecule has 0 saturated carbocycles. The topological polar surface area (TPSA) is 50.8 Å². The molecule has 3 rings (SSSR count). The Labute approximate surface area is 169 Å². The lowest BCUT2D eigenvalue weighted by Gasteiger charge is -2.29. The Bertz CT molecular complexity index is 842. The van der Waals surface area contributed by atoms with Gasteiger partial charge in [0.05, 0.1) is 29.8 Å². The van der Waals surface area contributed by atoms with Crippen molar-refractivity contribution < 1.29 is 14.3 Å². The second kappa shape index (κ2) is 8.83. The van der Waals surface area contributed by atoms with Crippen LogP contribution < -0.4 is 14.8 Å². The van der Waals surface area contributed by atoms with Gasteiger partial charge in [-0.2, -0.15) is 0 Å². The van der Waals surface area contributed by atoms with Crippen molar-refractivity contribution in [1.82, 2.24) is 10.2 Å². The molecule has 0 bridgehead atoms. The number of nitrogens with one attached hydrogen (secondary N) is 1. The van der Waals surface area contributed by atoms with E-state index in [1.54, 1.807) is 32.4 Å². The lowest BCUT2D eigenvalue weighted by molar-refractivity contribution is 0.0947. The molecule has 2 aromatic rings. The van der Waals surface area contributed by atoms with E-state index in [1.807, 2.05) is 6.07 Å². The van der Waals surface area contributed by atoms with Crippen LogP contribution in [0.15, 0.2) is 30.3 Å². The first-order chi connectivity index (χ1) is 13.0. The van der Waals surface area contributed by atoms with Crippen LogP contribution in [-0.2, 0) is 13.0 Å². The number of ether oxygens (including phenoxy) is 2. The van der Waals surface area contributed by atoms with Gasteiger partial charge in [-0.3, -0.25) is 9.69 Å². The van der Waals surface area contributed by atoms with Crippen molar-refractivity contribution in [2.75, 3.05) is 33.9 Å². The average Bonchev–Trinajstić information content (AvgIpc) is 2.68. The molecule has 0 aliphatic carbocycles. The van der Waals surface area contributed by atoms with Crippen LogP contribution in [-0.4, -0.2) is 44.7 Å². The van der Waals surface area contributed by atoms with E-state index in [-0.39, 0.29) is 10.9 Å². The standard InChI is InChI=1S/C20H22Cl2N2O3/c1-26-17-10-13-6-8-24(12-14(13)11-18(17)27-2)9-7-23-20(25)15-4-3-5-16(21)19(15)22/h3-5,10-11H,6-9,12H2,1-2H3,(H,23,25). The van der Waals surface area contributed by atoms with Crippen molar-refractivity contribution in [2.24, 2.45) is 0 Å². The van der Waals surface area contributed by atoms with E-state index in [1.165, 1.54) is 11.1 Å². The Hall–Kier alpha value is -1.95. The predicted molar refractivity (Wildman–Crippen MR) is 107 cm³/mol. The minimum Gasteiger partial charge on any atom is -0.493 e. The Balaban J connectivity index is 1.57. The van der Waals surface area contributed by atoms with E-state index in [4.69, 9.17) is 32.7 Å². The van der Waals surface area contributed by atoms with Crippen LogP contribution in [0.2, 0.25) is 10.0 Å². The van der Waals surface area contributed by atoms with Gasteiger partial charge in [-0.1, -0.05) is 29.3 Å². The number of amides is 1. The number of nitrogens with zero attached hydrogens (tertiary/aromatic N) is 1. The first-order valence-corrected chi connectivity index (χ1v) is 9.47. The minimum atomic E-state index is -0.216. The molecule has 2 aromatic carbocycles. The van der Waals surface area contributed by atoms with Gasteiger partial charge in [0.2, 0.25) is 0 Å². The molecule has 7 heteroatoms. The SMILES string of the molecule is COc1cc2c(cc1OC)CN(CCNC(=O)c1cccc(Cl)c1Cl)CC2. The summed E-state index contributed by atoms with van der Waals surface area (Å²) in [6.07, 6.45) is 0.934. The Morgan fingerprint density at radius 2 is 1.85 bits per heavy atom. The lowest BCUT2D eigenvalue weighted by atomic mass is 9.99. The molecule has 1 amide bonds. The van der Waals surface area contributed by atoms with E-state index in [0.29, 0.717) is 17.1 Å². The summed E-state index contributed by atoms with van der Waals surface area (Å²) < 4.78 is 10.8. The summed E-state index contributed by atoms with van der Waals surface area (Å²) in [5, 5.41) is 3.57. The first-order valence-electron chi connectivity index (χ1n) is 8.71. The highest BCUT2D eigenvalue weighted by Gasteiger charge is 2.19. The number of carbonyl (C=O) groups is 1. The zero-order valence-electron chi connectivity index (χ0n) is 15.4. The molecule has 27 heavy (non-hydrogen) atoms. The molecule has 0 fully saturated rings. The number of carbonyl (C=O) groups excluding carboxylic acids is 1. The molecule has 1 aliphatic rings. The van der Waals surface area contributed by atoms with Gasteiger partial charge in [-0.15, -0.1) is 0 Å². The van der Waals surface area contributed by atoms with Crippen molar-refractivity contribution in [3.8, 4) is 11.5 Å². The third kappa shape index (κ3) is 4.49. The van der Waals surface area contributed by atoms with E-state index in [9.17, 15) is 4.79 Å². The van der Waals surface area contributed by atoms with Gasteiger partial charge in [0.25, 0.3) is 5.91 Å². The average molecular weight is 409 g/mol. The molecule has 5 nitrogen and oxygen atoms in total. The summed E-state index contributed by atoms with van der Waals surface area (Å²) in [6.45, 7) is 3.02. The Kier molecular flexibility index (Phi) is 6.47. The highest BCUT2D eigenvalue weighted by molar-refractivity contribution is 6.43. The number of fused-ring (bicyclic) bond motifs is 1. The second-order valence-electron chi connectivity index (χ2n) is 6.36. The van der Waals surface area contributed by atoms with Crippen molar-refractivity contribution in [3.63, 3.8) is 0 Å². The fourth-order valence-electron chi connectivity index (χ4n) is 3.23. The zero-order valence-corrected chi connectivity index (χ0v) is 16.9. The molecule has 0 atom stereocenters. The fourth-order valence-corrected chi connectivity index (χ4v) is 3.62. The third-order valence-electron chi connectivity index (χ3n) is 4.71. The smallest absolute Gasteiger partial charge is 0.252 e. The van der Waals surface area contributed by atoms with E-state index < -0.39 is 0 Å². The molecular weight excluding hydrogens is 387 g/mol. The summed E-state index contributed by atoms with van der Waals surface area (Å²) in [5.74, 6) is 1.28. The molecule has 144 valence electrons. The largest absolute Gasteiger partial charge is 0.493 e. The number of halogens is 2. The minimum absolute atomic E-state index is 0.216. The van der Waals surface area contributed by atoms with Crippen LogP contribution in [0.3, 0.4) is 0 Å². The monoisotopic (exact) mass is 408 g/mol. The summed E-state index contributed by atoms with van der Waals surface area (Å²) in [6, 6.07) is 9.13. The molecule has 1 N–H and O–H groups in total. The third-order valence-corrected chi connectivity index (χ3v) is 5.53. The summed E-state index contributed by atoms with van der Waals surface area (Å²) in [5.41, 5.74) is 2.90. The van der Waals surface area contributed by atoms with E-state index in [2.05, 4.69) is 16.3 Å². The first kappa shape index (κ1) is 19.8. The Morgan fingerprint density at radius 1 is 1.15 bits per heavy atom. The zero-order chi connectivity index (χ0) is 19.4. The van der Waals surface area contributed by atoms with Crippen LogP contribution >= 0.6 is 23.2 Å². The summed E-state index contributed by atoms with van der Waals surface area (Å²) in [7, 11) is 3.29. The van der Waals surface area contributed by atoms with Crippen LogP contribution in [0, 0.1) is 0 Å². The van der Waals surface area contributed by atoms with Crippen molar-refractivity contribution >= 4 is 29.1 Å². The second-order valence-corrected chi connectivity index (χ2v) is 7.14. The van der Waals surface area contributed by atoms with Crippen LogP contribution in [0.4, 0.5) is 0 Å². The molecule has 0 saturated heterocycles. The number of hydrogen-bond acceptors (Lipinski definition) is 4. The maximum atomic E-state index is 12.3. The number of hydrogen-bond donors (Lipinski definition) is 1. The molecule has 0 aromatic heterocycles. The predicted octanol–water partition coefficient (Wildman–Crippen LogP) is 3.80. The number of methoxy groups -OCH3 is 2. The van der Waals surface area contributed by atoms with Gasteiger partial charge in [-0.05, 0) is 41.8 Å². The van der Waals surface area contributed by atoms with Gasteiger partial charge in [-0.25, -0.2) is 0 Å². The van der Waals surface area contributed by atoms with Crippen LogP contribution in [0.1, 0.15) is 21.5 Å². The Morgan fingerprint density at radius 3 is 2.56 bits per heavy atom. The van der Waals surface area contributed by atoms with Crippen molar-refractivity contribution in [1.29, 1.82) is 0 Å². The van der Waals surface area contributed by atoms with Gasteiger partial charge >= 0.3 is 0 Å². The summed E-state index contributed by atoms with van der Waals surface area (Å²) in [4.78, 5) is 14.6. The van der Waals surface area contributed by atoms with Crippen molar-refractivity contribution in [2.45, 2.75) is 13.0 Å². The number of rotatable bonds is 6. The van der Waals surface area contributed by atoms with Crippen LogP contribution in [0.25, 0.3) is 0 Å². The quantitative estimate of drug-likeness (QED) is 0.789. The maximum Gasteiger partial charge on any atom is 0.252 e. The maximum absolute atomic E-state index is 12.3. The van der Waals surface area contributed by atoms with Gasteiger partial charge in [0.15, 0.2) is 11.5 Å². The molecule has 1 aliphatic heterocycles. The lowest BCUT2D eigenvalue weighted by Crippen LogP contribution is -2.37. The van der Waals surface area contributed by atoms with E-state index in [0.717, 1.165) is 37.6 Å². The van der Waals surface area contributed by atoms with Crippen molar-refractivity contribution in [3.05, 3.63) is 57.1 Å². The molecule has 0 unspecified atom stereocenters. The molecule has 1 heterocycles. The van der Waals surface area contributed by atoms with Gasteiger partial charge in [0, 0.05) is 26.2 Å². The normalized spacial score (nSPS) is 13.8. The summed E-state index contributed by atoms with van der Waals surface area (Å²) >= 11 is 12.1. The molecule has 0 spiro atoms.